The van der Waals surface area contributed by atoms with Gasteiger partial charge < -0.3 is 9.84 Å². The summed E-state index contributed by atoms with van der Waals surface area (Å²) in [5.74, 6) is 0.318. The van der Waals surface area contributed by atoms with Crippen LogP contribution >= 0.6 is 11.8 Å². The van der Waals surface area contributed by atoms with Crippen molar-refractivity contribution in [3.8, 4) is 0 Å². The van der Waals surface area contributed by atoms with Gasteiger partial charge in [0, 0.05) is 16.7 Å². The summed E-state index contributed by atoms with van der Waals surface area (Å²) in [4.78, 5) is 12.8. The molecule has 0 atom stereocenters. The lowest BCUT2D eigenvalue weighted by molar-refractivity contribution is -0.122. The number of carbonyl (C=O) groups excluding carboxylic acids is 1. The molecule has 146 valence electrons. The standard InChI is InChI=1S/C20H37NO3S/c1-9-12-24-17(13-15(4)19(5,6)14-22)21-18(23)20(7,8)25-16(10-2)11-3/h13,16,22H,4,9-12,14H2,1-3,5-8H3,(H,21,23)/b17-13-. The van der Waals surface area contributed by atoms with E-state index in [1.807, 2.05) is 34.6 Å². The number of aliphatic hydroxyl groups is 1. The highest BCUT2D eigenvalue weighted by molar-refractivity contribution is 8.01. The molecule has 0 radical (unpaired) electrons. The second-order valence-electron chi connectivity index (χ2n) is 7.45. The minimum atomic E-state index is -0.556. The Labute approximate surface area is 158 Å². The molecular weight excluding hydrogens is 334 g/mol. The number of aliphatic hydroxyl groups excluding tert-OH is 1. The van der Waals surface area contributed by atoms with Crippen LogP contribution in [0.2, 0.25) is 0 Å². The zero-order chi connectivity index (χ0) is 19.7. The summed E-state index contributed by atoms with van der Waals surface area (Å²) < 4.78 is 5.15. The van der Waals surface area contributed by atoms with E-state index in [-0.39, 0.29) is 12.5 Å². The highest BCUT2D eigenvalue weighted by Crippen LogP contribution is 2.33. The summed E-state index contributed by atoms with van der Waals surface area (Å²) >= 11 is 1.69. The van der Waals surface area contributed by atoms with Crippen molar-refractivity contribution in [2.45, 2.75) is 77.7 Å². The molecule has 0 saturated heterocycles. The molecule has 1 amide bonds. The molecule has 0 rings (SSSR count). The van der Waals surface area contributed by atoms with Gasteiger partial charge in [0.05, 0.1) is 18.0 Å². The number of carbonyl (C=O) groups is 1. The molecule has 25 heavy (non-hydrogen) atoms. The molecular formula is C20H37NO3S. The molecule has 4 nitrogen and oxygen atoms in total. The summed E-state index contributed by atoms with van der Waals surface area (Å²) in [5, 5.41) is 12.9. The van der Waals surface area contributed by atoms with Crippen LogP contribution in [-0.4, -0.2) is 34.2 Å². The molecule has 2 N–H and O–H groups in total. The molecule has 0 aromatic heterocycles. The molecule has 0 aromatic carbocycles. The Morgan fingerprint density at radius 2 is 1.80 bits per heavy atom. The fraction of sp³-hybridized carbons (Fsp3) is 0.750. The van der Waals surface area contributed by atoms with Crippen molar-refractivity contribution < 1.29 is 14.6 Å². The Morgan fingerprint density at radius 1 is 1.24 bits per heavy atom. The van der Waals surface area contributed by atoms with Crippen molar-refractivity contribution >= 4 is 17.7 Å². The highest BCUT2D eigenvalue weighted by Gasteiger charge is 2.32. The topological polar surface area (TPSA) is 58.6 Å². The van der Waals surface area contributed by atoms with Gasteiger partial charge in [0.25, 0.3) is 0 Å². The minimum Gasteiger partial charge on any atom is -0.479 e. The van der Waals surface area contributed by atoms with Crippen molar-refractivity contribution in [3.05, 3.63) is 24.1 Å². The third-order valence-electron chi connectivity index (χ3n) is 4.19. The van der Waals surface area contributed by atoms with Gasteiger partial charge in [0.2, 0.25) is 5.91 Å². The largest absolute Gasteiger partial charge is 0.479 e. The first kappa shape index (κ1) is 24.1. The van der Waals surface area contributed by atoms with Crippen LogP contribution in [0.25, 0.3) is 0 Å². The number of thioether (sulfide) groups is 1. The van der Waals surface area contributed by atoms with Crippen LogP contribution in [0.4, 0.5) is 0 Å². The van der Waals surface area contributed by atoms with Gasteiger partial charge in [0.15, 0.2) is 5.88 Å². The highest BCUT2D eigenvalue weighted by atomic mass is 32.2. The summed E-state index contributed by atoms with van der Waals surface area (Å²) in [7, 11) is 0. The zero-order valence-corrected chi connectivity index (χ0v) is 17.9. The number of ether oxygens (including phenoxy) is 1. The van der Waals surface area contributed by atoms with E-state index in [0.29, 0.717) is 23.3 Å². The second kappa shape index (κ2) is 10.9. The van der Waals surface area contributed by atoms with Crippen LogP contribution in [0, 0.1) is 5.41 Å². The van der Waals surface area contributed by atoms with Crippen molar-refractivity contribution in [2.24, 2.45) is 5.41 Å². The van der Waals surface area contributed by atoms with Crippen LogP contribution in [0.5, 0.6) is 0 Å². The van der Waals surface area contributed by atoms with E-state index in [9.17, 15) is 9.90 Å². The smallest absolute Gasteiger partial charge is 0.242 e. The third-order valence-corrected chi connectivity index (χ3v) is 5.96. The molecule has 0 saturated carbocycles. The normalized spacial score (nSPS) is 13.1. The summed E-state index contributed by atoms with van der Waals surface area (Å²) in [6.45, 7) is 18.5. The van der Waals surface area contributed by atoms with Crippen molar-refractivity contribution in [2.75, 3.05) is 13.2 Å². The summed E-state index contributed by atoms with van der Waals surface area (Å²) in [6, 6.07) is 0. The van der Waals surface area contributed by atoms with Gasteiger partial charge in [-0.15, -0.1) is 11.8 Å². The average molecular weight is 372 g/mol. The number of amides is 1. The van der Waals surface area contributed by atoms with Crippen molar-refractivity contribution in [1.82, 2.24) is 5.32 Å². The Morgan fingerprint density at radius 3 is 2.24 bits per heavy atom. The quantitative estimate of drug-likeness (QED) is 0.387. The number of nitrogens with one attached hydrogen (secondary N) is 1. The maximum Gasteiger partial charge on any atom is 0.242 e. The van der Waals surface area contributed by atoms with E-state index in [2.05, 4.69) is 25.7 Å². The van der Waals surface area contributed by atoms with E-state index in [0.717, 1.165) is 19.3 Å². The number of allylic oxidation sites excluding steroid dienone is 1. The molecule has 0 heterocycles. The van der Waals surface area contributed by atoms with E-state index >= 15 is 0 Å². The van der Waals surface area contributed by atoms with Crippen LogP contribution in [0.3, 0.4) is 0 Å². The van der Waals surface area contributed by atoms with Crippen LogP contribution in [0.1, 0.15) is 67.7 Å². The van der Waals surface area contributed by atoms with E-state index in [1.165, 1.54) is 0 Å². The van der Waals surface area contributed by atoms with Gasteiger partial charge in [0.1, 0.15) is 0 Å². The van der Waals surface area contributed by atoms with Gasteiger partial charge in [-0.3, -0.25) is 10.1 Å². The zero-order valence-electron chi connectivity index (χ0n) is 17.1. The molecule has 0 aliphatic rings. The fourth-order valence-corrected chi connectivity index (χ4v) is 3.29. The van der Waals surface area contributed by atoms with E-state index < -0.39 is 10.2 Å². The molecule has 0 aromatic rings. The first-order valence-corrected chi connectivity index (χ1v) is 10.1. The first-order chi connectivity index (χ1) is 11.5. The third kappa shape index (κ3) is 8.32. The van der Waals surface area contributed by atoms with Crippen molar-refractivity contribution in [1.29, 1.82) is 0 Å². The predicted molar refractivity (Wildman–Crippen MR) is 109 cm³/mol. The van der Waals surface area contributed by atoms with E-state index in [1.54, 1.807) is 17.8 Å². The average Bonchev–Trinajstić information content (AvgIpc) is 2.57. The molecule has 0 aliphatic carbocycles. The number of hydrogen-bond donors (Lipinski definition) is 2. The van der Waals surface area contributed by atoms with Gasteiger partial charge in [-0.1, -0.05) is 41.2 Å². The number of rotatable bonds is 12. The predicted octanol–water partition coefficient (Wildman–Crippen LogP) is 4.65. The molecule has 5 heteroatoms. The lowest BCUT2D eigenvalue weighted by atomic mass is 9.86. The van der Waals surface area contributed by atoms with Crippen molar-refractivity contribution in [3.63, 3.8) is 0 Å². The lowest BCUT2D eigenvalue weighted by Gasteiger charge is -2.28. The van der Waals surface area contributed by atoms with Gasteiger partial charge in [-0.05, 0) is 38.7 Å². The number of hydrogen-bond acceptors (Lipinski definition) is 4. The van der Waals surface area contributed by atoms with Gasteiger partial charge >= 0.3 is 0 Å². The van der Waals surface area contributed by atoms with Crippen LogP contribution in [-0.2, 0) is 9.53 Å². The minimum absolute atomic E-state index is 0.0205. The maximum atomic E-state index is 12.8. The molecule has 0 aliphatic heterocycles. The molecule has 0 spiro atoms. The summed E-state index contributed by atoms with van der Waals surface area (Å²) in [5.41, 5.74) is 0.248. The second-order valence-corrected chi connectivity index (χ2v) is 9.37. The van der Waals surface area contributed by atoms with Crippen LogP contribution in [0.15, 0.2) is 24.1 Å². The Bertz CT molecular complexity index is 466. The molecule has 0 bridgehead atoms. The Kier molecular flexibility index (Phi) is 10.5. The Hall–Kier alpha value is -0.940. The SMILES string of the molecule is C=C(/C=C(/NC(=O)C(C)(C)SC(CC)CC)OCCC)C(C)(C)CO. The fourth-order valence-electron chi connectivity index (χ4n) is 1.97. The Balaban J connectivity index is 5.25. The molecule has 0 unspecified atom stereocenters. The first-order valence-electron chi connectivity index (χ1n) is 9.18. The molecule has 0 fully saturated rings. The lowest BCUT2D eigenvalue weighted by Crippen LogP contribution is -2.41. The maximum absolute atomic E-state index is 12.8. The van der Waals surface area contributed by atoms with Crippen LogP contribution < -0.4 is 5.32 Å². The van der Waals surface area contributed by atoms with E-state index in [4.69, 9.17) is 4.74 Å². The van der Waals surface area contributed by atoms with Gasteiger partial charge in [-0.25, -0.2) is 0 Å². The van der Waals surface area contributed by atoms with Gasteiger partial charge in [-0.2, -0.15) is 0 Å². The monoisotopic (exact) mass is 371 g/mol. The summed E-state index contributed by atoms with van der Waals surface area (Å²) in [6.07, 6.45) is 4.64.